The highest BCUT2D eigenvalue weighted by Gasteiger charge is 2.22. The van der Waals surface area contributed by atoms with Crippen LogP contribution in [0.15, 0.2) is 30.3 Å². The van der Waals surface area contributed by atoms with Crippen LogP contribution in [0.1, 0.15) is 6.92 Å². The first kappa shape index (κ1) is 12.7. The first-order chi connectivity index (χ1) is 7.52. The zero-order chi connectivity index (χ0) is 12.1. The Kier molecular flexibility index (Phi) is 4.52. The van der Waals surface area contributed by atoms with E-state index in [2.05, 4.69) is 0 Å². The lowest BCUT2D eigenvalue weighted by molar-refractivity contribution is -0.140. The topological polar surface area (TPSA) is 66.8 Å². The summed E-state index contributed by atoms with van der Waals surface area (Å²) in [5.41, 5.74) is 0. The van der Waals surface area contributed by atoms with E-state index in [4.69, 9.17) is 9.63 Å². The van der Waals surface area contributed by atoms with E-state index in [-0.39, 0.29) is 0 Å². The van der Waals surface area contributed by atoms with Crippen LogP contribution in [0, 0.1) is 0 Å². The van der Waals surface area contributed by atoms with Gasteiger partial charge in [0.15, 0.2) is 0 Å². The van der Waals surface area contributed by atoms with Crippen molar-refractivity contribution in [3.63, 3.8) is 0 Å². The molecule has 0 spiro atoms. The van der Waals surface area contributed by atoms with E-state index in [0.717, 1.165) is 0 Å². The molecular weight excluding hydrogens is 229 g/mol. The minimum atomic E-state index is -2.56. The van der Waals surface area contributed by atoms with E-state index in [9.17, 15) is 9.36 Å². The molecule has 0 heterocycles. The highest BCUT2D eigenvalue weighted by molar-refractivity contribution is 7.36. The molecule has 88 valence electrons. The number of benzene rings is 1. The van der Waals surface area contributed by atoms with Crippen molar-refractivity contribution in [3.8, 4) is 5.75 Å². The van der Waals surface area contributed by atoms with Crippen molar-refractivity contribution in [3.05, 3.63) is 30.3 Å². The van der Waals surface area contributed by atoms with Crippen molar-refractivity contribution >= 4 is 14.1 Å². The van der Waals surface area contributed by atoms with E-state index in [1.165, 1.54) is 18.6 Å². The predicted molar refractivity (Wildman–Crippen MR) is 60.9 cm³/mol. The third-order valence-electron chi connectivity index (χ3n) is 2.17. The number of carboxylic acid groups (broad SMARTS) is 1. The molecule has 5 nitrogen and oxygen atoms in total. The van der Waals surface area contributed by atoms with E-state index in [1.807, 2.05) is 6.07 Å². The number of hydrogen-bond donors (Lipinski definition) is 1. The Morgan fingerprint density at radius 3 is 2.50 bits per heavy atom. The van der Waals surface area contributed by atoms with Crippen LogP contribution in [0.25, 0.3) is 0 Å². The number of aliphatic carboxylic acids is 1. The van der Waals surface area contributed by atoms with Gasteiger partial charge in [0.2, 0.25) is 0 Å². The van der Waals surface area contributed by atoms with Crippen LogP contribution in [0.2, 0.25) is 0 Å². The Hall–Kier alpha value is -1.32. The molecule has 1 rings (SSSR count). The summed E-state index contributed by atoms with van der Waals surface area (Å²) in [4.78, 5) is 10.7. The van der Waals surface area contributed by atoms with Gasteiger partial charge in [-0.05, 0) is 26.1 Å². The highest BCUT2D eigenvalue weighted by Crippen LogP contribution is 2.31. The Balaban J connectivity index is 2.63. The van der Waals surface area contributed by atoms with Gasteiger partial charge in [-0.2, -0.15) is 0 Å². The van der Waals surface area contributed by atoms with Gasteiger partial charge in [-0.25, -0.2) is 4.67 Å². The van der Waals surface area contributed by atoms with Gasteiger partial charge in [0.1, 0.15) is 11.8 Å². The maximum atomic E-state index is 11.7. The summed E-state index contributed by atoms with van der Waals surface area (Å²) in [6.45, 7) is 1.46. The predicted octanol–water partition coefficient (Wildman–Crippen LogP) is 1.86. The zero-order valence-corrected chi connectivity index (χ0v) is 10.1. The molecule has 2 atom stereocenters. The summed E-state index contributed by atoms with van der Waals surface area (Å²) in [5, 5.41) is 8.75. The summed E-state index contributed by atoms with van der Waals surface area (Å²) in [6, 6.07) is 7.82. The fourth-order valence-electron chi connectivity index (χ4n) is 0.985. The van der Waals surface area contributed by atoms with Crippen LogP contribution in [-0.2, 0) is 9.36 Å². The van der Waals surface area contributed by atoms with Crippen LogP contribution in [0.4, 0.5) is 0 Å². The molecule has 1 aromatic rings. The third kappa shape index (κ3) is 3.36. The average molecular weight is 243 g/mol. The first-order valence-electron chi connectivity index (χ1n) is 4.75. The maximum Gasteiger partial charge on any atom is 0.321 e. The highest BCUT2D eigenvalue weighted by atomic mass is 31.1. The lowest BCUT2D eigenvalue weighted by Crippen LogP contribution is -2.31. The maximum absolute atomic E-state index is 11.7. The quantitative estimate of drug-likeness (QED) is 0.799. The van der Waals surface area contributed by atoms with Crippen molar-refractivity contribution in [1.82, 2.24) is 4.67 Å². The van der Waals surface area contributed by atoms with Crippen LogP contribution >= 0.6 is 8.18 Å². The van der Waals surface area contributed by atoms with Gasteiger partial charge in [-0.15, -0.1) is 0 Å². The molecule has 0 fully saturated rings. The SMILES string of the molecule is C[C@@H](C(=O)O)N(C)[PH](=O)Oc1ccccc1. The fraction of sp³-hybridized carbons (Fsp3) is 0.300. The van der Waals surface area contributed by atoms with Crippen molar-refractivity contribution in [2.24, 2.45) is 0 Å². The lowest BCUT2D eigenvalue weighted by Gasteiger charge is -2.20. The molecule has 0 radical (unpaired) electrons. The summed E-state index contributed by atoms with van der Waals surface area (Å²) in [6.07, 6.45) is 0. The van der Waals surface area contributed by atoms with Crippen molar-refractivity contribution in [1.29, 1.82) is 0 Å². The van der Waals surface area contributed by atoms with E-state index < -0.39 is 20.2 Å². The van der Waals surface area contributed by atoms with Crippen LogP contribution < -0.4 is 4.52 Å². The molecular formula is C10H14NO4P. The summed E-state index contributed by atoms with van der Waals surface area (Å²) >= 11 is 0. The summed E-state index contributed by atoms with van der Waals surface area (Å²) in [7, 11) is -1.10. The molecule has 0 bridgehead atoms. The molecule has 0 aliphatic carbocycles. The number of carbonyl (C=O) groups is 1. The fourth-order valence-corrected chi connectivity index (χ4v) is 1.89. The molecule has 0 saturated carbocycles. The molecule has 6 heteroatoms. The number of carboxylic acids is 1. The minimum Gasteiger partial charge on any atom is -0.480 e. The number of para-hydroxylation sites is 1. The zero-order valence-electron chi connectivity index (χ0n) is 9.08. The van der Waals surface area contributed by atoms with Gasteiger partial charge >= 0.3 is 14.1 Å². The van der Waals surface area contributed by atoms with Crippen molar-refractivity contribution < 1.29 is 19.0 Å². The summed E-state index contributed by atoms with van der Waals surface area (Å²) in [5.74, 6) is -0.562. The molecule has 0 aliphatic heterocycles. The van der Waals surface area contributed by atoms with E-state index >= 15 is 0 Å². The second kappa shape index (κ2) is 5.68. The Labute approximate surface area is 94.6 Å². The van der Waals surface area contributed by atoms with E-state index in [0.29, 0.717) is 5.75 Å². The van der Waals surface area contributed by atoms with Crippen LogP contribution in [-0.4, -0.2) is 28.8 Å². The molecule has 0 saturated heterocycles. The Morgan fingerprint density at radius 1 is 1.44 bits per heavy atom. The second-order valence-electron chi connectivity index (χ2n) is 3.31. The van der Waals surface area contributed by atoms with Crippen LogP contribution in [0.3, 0.4) is 0 Å². The second-order valence-corrected chi connectivity index (χ2v) is 4.75. The smallest absolute Gasteiger partial charge is 0.321 e. The monoisotopic (exact) mass is 243 g/mol. The van der Waals surface area contributed by atoms with Gasteiger partial charge < -0.3 is 9.63 Å². The number of rotatable bonds is 5. The first-order valence-corrected chi connectivity index (χ1v) is 6.01. The minimum absolute atomic E-state index is 0.468. The Morgan fingerprint density at radius 2 is 2.00 bits per heavy atom. The molecule has 0 aromatic heterocycles. The van der Waals surface area contributed by atoms with Crippen molar-refractivity contribution in [2.45, 2.75) is 13.0 Å². The van der Waals surface area contributed by atoms with E-state index in [1.54, 1.807) is 24.3 Å². The number of likely N-dealkylation sites (N-methyl/N-ethyl adjacent to an activating group) is 1. The average Bonchev–Trinajstić information content (AvgIpc) is 2.28. The summed E-state index contributed by atoms with van der Waals surface area (Å²) < 4.78 is 18.0. The molecule has 16 heavy (non-hydrogen) atoms. The van der Waals surface area contributed by atoms with Gasteiger partial charge in [0.25, 0.3) is 0 Å². The molecule has 0 amide bonds. The largest absolute Gasteiger partial charge is 0.480 e. The number of nitrogens with zero attached hydrogens (tertiary/aromatic N) is 1. The molecule has 1 aromatic carbocycles. The lowest BCUT2D eigenvalue weighted by atomic mass is 10.3. The normalized spacial score (nSPS) is 14.4. The van der Waals surface area contributed by atoms with Gasteiger partial charge in [0.05, 0.1) is 0 Å². The van der Waals surface area contributed by atoms with Crippen molar-refractivity contribution in [2.75, 3.05) is 7.05 Å². The van der Waals surface area contributed by atoms with Crippen LogP contribution in [0.5, 0.6) is 5.75 Å². The standard InChI is InChI=1S/C10H14NO4P/c1-8(10(12)13)11(2)16(14)15-9-6-4-3-5-7-9/h3-8,16H,1-2H3,(H,12,13)/t8-/m0/s1. The Bertz CT molecular complexity index is 382. The number of hydrogen-bond acceptors (Lipinski definition) is 3. The van der Waals surface area contributed by atoms with Gasteiger partial charge in [0, 0.05) is 0 Å². The van der Waals surface area contributed by atoms with Gasteiger partial charge in [-0.3, -0.25) is 9.36 Å². The molecule has 1 unspecified atom stereocenters. The molecule has 1 N–H and O–H groups in total. The third-order valence-corrected chi connectivity index (χ3v) is 3.55. The molecule has 0 aliphatic rings. The van der Waals surface area contributed by atoms with Gasteiger partial charge in [-0.1, -0.05) is 18.2 Å².